The average Bonchev–Trinajstić information content (AvgIpc) is 3.15. The van der Waals surface area contributed by atoms with Crippen LogP contribution in [0.25, 0.3) is 10.6 Å². The Kier molecular flexibility index (Phi) is 5.80. The van der Waals surface area contributed by atoms with Crippen LogP contribution in [0.15, 0.2) is 60.0 Å². The highest BCUT2D eigenvalue weighted by Crippen LogP contribution is 2.23. The van der Waals surface area contributed by atoms with Crippen molar-refractivity contribution in [1.82, 2.24) is 10.3 Å². The second kappa shape index (κ2) is 8.44. The Labute approximate surface area is 151 Å². The lowest BCUT2D eigenvalue weighted by Crippen LogP contribution is -2.23. The van der Waals surface area contributed by atoms with Crippen molar-refractivity contribution in [1.29, 1.82) is 0 Å². The van der Waals surface area contributed by atoms with Gasteiger partial charge in [-0.15, -0.1) is 11.3 Å². The van der Waals surface area contributed by atoms with E-state index in [-0.39, 0.29) is 5.91 Å². The predicted molar refractivity (Wildman–Crippen MR) is 101 cm³/mol. The largest absolute Gasteiger partial charge is 0.497 e. The molecule has 1 heterocycles. The van der Waals surface area contributed by atoms with Crippen molar-refractivity contribution >= 4 is 17.2 Å². The summed E-state index contributed by atoms with van der Waals surface area (Å²) >= 11 is 1.61. The Bertz CT molecular complexity index is 813. The summed E-state index contributed by atoms with van der Waals surface area (Å²) in [6.45, 7) is 0.523. The van der Waals surface area contributed by atoms with Crippen molar-refractivity contribution in [3.63, 3.8) is 0 Å². The van der Waals surface area contributed by atoms with Gasteiger partial charge in [-0.2, -0.15) is 0 Å². The van der Waals surface area contributed by atoms with E-state index in [1.807, 2.05) is 60.0 Å². The Hall–Kier alpha value is -2.66. The molecule has 0 radical (unpaired) electrons. The second-order valence-corrected chi connectivity index (χ2v) is 6.49. The first-order valence-corrected chi connectivity index (χ1v) is 9.02. The number of ether oxygens (including phenoxy) is 1. The van der Waals surface area contributed by atoms with E-state index in [1.165, 1.54) is 0 Å². The number of hydrogen-bond acceptors (Lipinski definition) is 4. The van der Waals surface area contributed by atoms with Gasteiger partial charge in [0.15, 0.2) is 0 Å². The Morgan fingerprint density at radius 2 is 1.88 bits per heavy atom. The molecule has 3 rings (SSSR count). The minimum Gasteiger partial charge on any atom is -0.497 e. The van der Waals surface area contributed by atoms with Crippen LogP contribution < -0.4 is 10.1 Å². The summed E-state index contributed by atoms with van der Waals surface area (Å²) in [6, 6.07) is 17.8. The third-order valence-electron chi connectivity index (χ3n) is 3.83. The third kappa shape index (κ3) is 4.90. The number of aryl methyl sites for hydroxylation is 1. The molecule has 1 amide bonds. The highest BCUT2D eigenvalue weighted by Gasteiger charge is 2.07. The van der Waals surface area contributed by atoms with Crippen molar-refractivity contribution in [2.24, 2.45) is 0 Å². The molecule has 5 heteroatoms. The van der Waals surface area contributed by atoms with Crippen molar-refractivity contribution in [2.45, 2.75) is 19.4 Å². The quantitative estimate of drug-likeness (QED) is 0.697. The maximum Gasteiger partial charge on any atom is 0.220 e. The normalized spacial score (nSPS) is 10.4. The van der Waals surface area contributed by atoms with E-state index in [9.17, 15) is 4.79 Å². The first kappa shape index (κ1) is 17.2. The zero-order valence-electron chi connectivity index (χ0n) is 14.1. The molecule has 0 aliphatic heterocycles. The monoisotopic (exact) mass is 352 g/mol. The van der Waals surface area contributed by atoms with Crippen LogP contribution in [0.1, 0.15) is 17.7 Å². The number of thiazole rings is 1. The minimum atomic E-state index is 0.0325. The number of amides is 1. The zero-order chi connectivity index (χ0) is 17.5. The van der Waals surface area contributed by atoms with Crippen molar-refractivity contribution in [3.8, 4) is 16.3 Å². The van der Waals surface area contributed by atoms with Gasteiger partial charge in [-0.1, -0.05) is 42.5 Å². The average molecular weight is 352 g/mol. The molecule has 0 aliphatic carbocycles. The molecule has 4 nitrogen and oxygen atoms in total. The molecule has 1 aromatic heterocycles. The molecule has 0 bridgehead atoms. The molecule has 0 saturated carbocycles. The number of aromatic nitrogens is 1. The molecular formula is C20H20N2O2S. The van der Waals surface area contributed by atoms with Crippen LogP contribution in [0.2, 0.25) is 0 Å². The Morgan fingerprint density at radius 1 is 1.12 bits per heavy atom. The van der Waals surface area contributed by atoms with E-state index in [4.69, 9.17) is 4.74 Å². The number of nitrogens with one attached hydrogen (secondary N) is 1. The molecule has 0 fully saturated rings. The Balaban J connectivity index is 1.46. The number of nitrogens with zero attached hydrogens (tertiary/aromatic N) is 1. The molecule has 0 aliphatic rings. The van der Waals surface area contributed by atoms with Crippen molar-refractivity contribution in [2.75, 3.05) is 7.11 Å². The van der Waals surface area contributed by atoms with Gasteiger partial charge in [0.1, 0.15) is 10.8 Å². The smallest absolute Gasteiger partial charge is 0.220 e. The van der Waals surface area contributed by atoms with Gasteiger partial charge in [0, 0.05) is 23.9 Å². The number of carbonyl (C=O) groups excluding carboxylic acids is 1. The van der Waals surface area contributed by atoms with Crippen LogP contribution in [0.3, 0.4) is 0 Å². The van der Waals surface area contributed by atoms with Gasteiger partial charge in [-0.25, -0.2) is 4.98 Å². The molecule has 25 heavy (non-hydrogen) atoms. The van der Waals surface area contributed by atoms with Gasteiger partial charge in [-0.05, 0) is 24.1 Å². The molecule has 0 spiro atoms. The van der Waals surface area contributed by atoms with E-state index >= 15 is 0 Å². The van der Waals surface area contributed by atoms with Gasteiger partial charge >= 0.3 is 0 Å². The number of rotatable bonds is 7. The standard InChI is InChI=1S/C20H20N2O2S/c1-24-18-10-7-15(8-11-18)13-21-19(23)12-9-17-14-25-20(22-17)16-5-3-2-4-6-16/h2-8,10-11,14H,9,12-13H2,1H3,(H,21,23). The molecule has 1 N–H and O–H groups in total. The summed E-state index contributed by atoms with van der Waals surface area (Å²) < 4.78 is 5.12. The molecule has 0 unspecified atom stereocenters. The molecule has 2 aromatic carbocycles. The zero-order valence-corrected chi connectivity index (χ0v) is 14.9. The Morgan fingerprint density at radius 3 is 2.60 bits per heavy atom. The fourth-order valence-electron chi connectivity index (χ4n) is 2.41. The third-order valence-corrected chi connectivity index (χ3v) is 4.77. The fourth-order valence-corrected chi connectivity index (χ4v) is 3.27. The molecule has 128 valence electrons. The van der Waals surface area contributed by atoms with E-state index in [0.717, 1.165) is 27.6 Å². The fraction of sp³-hybridized carbons (Fsp3) is 0.200. The maximum absolute atomic E-state index is 12.0. The van der Waals surface area contributed by atoms with Crippen molar-refractivity contribution < 1.29 is 9.53 Å². The van der Waals surface area contributed by atoms with E-state index in [0.29, 0.717) is 19.4 Å². The lowest BCUT2D eigenvalue weighted by molar-refractivity contribution is -0.121. The summed E-state index contributed by atoms with van der Waals surface area (Å²) in [6.07, 6.45) is 1.09. The van der Waals surface area contributed by atoms with Crippen LogP contribution in [0.5, 0.6) is 5.75 Å². The summed E-state index contributed by atoms with van der Waals surface area (Å²) in [4.78, 5) is 16.6. The summed E-state index contributed by atoms with van der Waals surface area (Å²) in [5, 5.41) is 5.96. The second-order valence-electron chi connectivity index (χ2n) is 5.63. The number of hydrogen-bond donors (Lipinski definition) is 1. The number of benzene rings is 2. The van der Waals surface area contributed by atoms with Gasteiger partial charge < -0.3 is 10.1 Å². The topological polar surface area (TPSA) is 51.2 Å². The van der Waals surface area contributed by atoms with Gasteiger partial charge in [0.2, 0.25) is 5.91 Å². The van der Waals surface area contributed by atoms with E-state index < -0.39 is 0 Å². The SMILES string of the molecule is COc1ccc(CNC(=O)CCc2csc(-c3ccccc3)n2)cc1. The van der Waals surface area contributed by atoms with Gasteiger partial charge in [0.25, 0.3) is 0 Å². The van der Waals surface area contributed by atoms with E-state index in [1.54, 1.807) is 18.4 Å². The maximum atomic E-state index is 12.0. The van der Waals surface area contributed by atoms with E-state index in [2.05, 4.69) is 10.3 Å². The molecule has 0 saturated heterocycles. The highest BCUT2D eigenvalue weighted by molar-refractivity contribution is 7.13. The van der Waals surface area contributed by atoms with Crippen LogP contribution in [-0.2, 0) is 17.8 Å². The number of carbonyl (C=O) groups is 1. The van der Waals surface area contributed by atoms with Crippen LogP contribution in [0.4, 0.5) is 0 Å². The first-order chi connectivity index (χ1) is 12.2. The molecule has 0 atom stereocenters. The predicted octanol–water partition coefficient (Wildman–Crippen LogP) is 4.07. The first-order valence-electron chi connectivity index (χ1n) is 8.14. The lowest BCUT2D eigenvalue weighted by atomic mass is 10.2. The van der Waals surface area contributed by atoms with Crippen LogP contribution in [0, 0.1) is 0 Å². The van der Waals surface area contributed by atoms with Gasteiger partial charge in [0.05, 0.1) is 12.8 Å². The molecular weight excluding hydrogens is 332 g/mol. The minimum absolute atomic E-state index is 0.0325. The number of methoxy groups -OCH3 is 1. The highest BCUT2D eigenvalue weighted by atomic mass is 32.1. The molecule has 3 aromatic rings. The van der Waals surface area contributed by atoms with Gasteiger partial charge in [-0.3, -0.25) is 4.79 Å². The van der Waals surface area contributed by atoms with Crippen molar-refractivity contribution in [3.05, 3.63) is 71.2 Å². The van der Waals surface area contributed by atoms with Crippen LogP contribution >= 0.6 is 11.3 Å². The summed E-state index contributed by atoms with van der Waals surface area (Å²) in [7, 11) is 1.64. The van der Waals surface area contributed by atoms with Crippen LogP contribution in [-0.4, -0.2) is 18.0 Å². The summed E-state index contributed by atoms with van der Waals surface area (Å²) in [5.41, 5.74) is 3.13. The lowest BCUT2D eigenvalue weighted by Gasteiger charge is -2.06. The summed E-state index contributed by atoms with van der Waals surface area (Å²) in [5.74, 6) is 0.845.